The minimum atomic E-state index is -4.97. The van der Waals surface area contributed by atoms with Crippen LogP contribution in [0.1, 0.15) is 11.4 Å². The summed E-state index contributed by atoms with van der Waals surface area (Å²) in [6.07, 6.45) is -9.81. The maximum Gasteiger partial charge on any atom is 0.573 e. The molecule has 0 saturated carbocycles. The molecule has 134 valence electrons. The Kier molecular flexibility index (Phi) is 3.94. The van der Waals surface area contributed by atoms with Crippen LogP contribution in [0.5, 0.6) is 5.75 Å². The van der Waals surface area contributed by atoms with Crippen LogP contribution in [0.2, 0.25) is 0 Å². The van der Waals surface area contributed by atoms with Crippen LogP contribution in [0.4, 0.5) is 26.3 Å². The molecular formula is C14H5F6N5O. The van der Waals surface area contributed by atoms with Crippen molar-refractivity contribution in [2.75, 3.05) is 0 Å². The molecule has 0 radical (unpaired) electrons. The number of halogens is 6. The van der Waals surface area contributed by atoms with Gasteiger partial charge in [-0.3, -0.25) is 0 Å². The Morgan fingerprint density at radius 2 is 1.73 bits per heavy atom. The fraction of sp³-hybridized carbons (Fsp3) is 0.143. The van der Waals surface area contributed by atoms with Crippen molar-refractivity contribution in [3.05, 3.63) is 41.7 Å². The third kappa shape index (κ3) is 3.37. The highest BCUT2D eigenvalue weighted by Crippen LogP contribution is 2.31. The summed E-state index contributed by atoms with van der Waals surface area (Å²) in [5.41, 5.74) is -0.653. The van der Waals surface area contributed by atoms with Crippen LogP contribution < -0.4 is 4.74 Å². The molecule has 0 unspecified atom stereocenters. The molecule has 0 aliphatic rings. The number of aromatic nitrogens is 4. The summed E-state index contributed by atoms with van der Waals surface area (Å²) >= 11 is 0. The monoisotopic (exact) mass is 373 g/mol. The van der Waals surface area contributed by atoms with Crippen LogP contribution in [-0.2, 0) is 6.18 Å². The smallest absolute Gasteiger partial charge is 0.406 e. The molecule has 6 nitrogen and oxygen atoms in total. The molecule has 0 fully saturated rings. The van der Waals surface area contributed by atoms with Crippen molar-refractivity contribution >= 4 is 5.65 Å². The van der Waals surface area contributed by atoms with E-state index in [0.717, 1.165) is 24.3 Å². The van der Waals surface area contributed by atoms with Gasteiger partial charge in [-0.1, -0.05) is 0 Å². The van der Waals surface area contributed by atoms with Crippen LogP contribution in [0.25, 0.3) is 16.9 Å². The highest BCUT2D eigenvalue weighted by atomic mass is 19.4. The Hall–Kier alpha value is -3.36. The second-order valence-electron chi connectivity index (χ2n) is 4.88. The molecule has 1 aromatic carbocycles. The predicted octanol–water partition coefficient (Wildman–Crippen LogP) is 3.58. The number of nitriles is 1. The molecule has 3 aromatic rings. The van der Waals surface area contributed by atoms with Gasteiger partial charge in [0, 0.05) is 5.56 Å². The topological polar surface area (TPSA) is 76.1 Å². The summed E-state index contributed by atoms with van der Waals surface area (Å²) in [5, 5.41) is 19.1. The highest BCUT2D eigenvalue weighted by Gasteiger charge is 2.37. The van der Waals surface area contributed by atoms with Gasteiger partial charge in [-0.25, -0.2) is 0 Å². The Morgan fingerprint density at radius 1 is 1.00 bits per heavy atom. The Balaban J connectivity index is 2.16. The lowest BCUT2D eigenvalue weighted by atomic mass is 10.0. The van der Waals surface area contributed by atoms with E-state index in [4.69, 9.17) is 5.26 Å². The first-order chi connectivity index (χ1) is 12.1. The predicted molar refractivity (Wildman–Crippen MR) is 72.6 cm³/mol. The number of fused-ring (bicyclic) bond motifs is 1. The Labute approximate surface area is 140 Å². The molecule has 26 heavy (non-hydrogen) atoms. The number of ether oxygens (including phenoxy) is 1. The lowest BCUT2D eigenvalue weighted by Crippen LogP contribution is -2.17. The van der Waals surface area contributed by atoms with Crippen molar-refractivity contribution in [2.45, 2.75) is 12.5 Å². The fourth-order valence-corrected chi connectivity index (χ4v) is 2.14. The van der Waals surface area contributed by atoms with E-state index in [1.807, 2.05) is 0 Å². The molecule has 0 atom stereocenters. The highest BCUT2D eigenvalue weighted by molar-refractivity contribution is 5.69. The normalized spacial score (nSPS) is 12.2. The van der Waals surface area contributed by atoms with Gasteiger partial charge in [0.05, 0.1) is 17.3 Å². The maximum atomic E-state index is 12.9. The first-order valence-electron chi connectivity index (χ1n) is 6.68. The number of hydrogen-bond acceptors (Lipinski definition) is 5. The van der Waals surface area contributed by atoms with Gasteiger partial charge < -0.3 is 4.74 Å². The summed E-state index contributed by atoms with van der Waals surface area (Å²) in [7, 11) is 0. The minimum Gasteiger partial charge on any atom is -0.406 e. The third-order valence-electron chi connectivity index (χ3n) is 3.14. The van der Waals surface area contributed by atoms with Crippen molar-refractivity contribution in [1.82, 2.24) is 19.8 Å². The average molecular weight is 373 g/mol. The molecule has 0 bridgehead atoms. The van der Waals surface area contributed by atoms with Gasteiger partial charge >= 0.3 is 12.5 Å². The summed E-state index contributed by atoms with van der Waals surface area (Å²) in [4.78, 5) is 0. The molecule has 0 spiro atoms. The van der Waals surface area contributed by atoms with Gasteiger partial charge in [0.1, 0.15) is 5.75 Å². The van der Waals surface area contributed by atoms with Gasteiger partial charge in [-0.05, 0) is 30.3 Å². The zero-order chi connectivity index (χ0) is 19.1. The van der Waals surface area contributed by atoms with Gasteiger partial charge in [0.25, 0.3) is 5.82 Å². The molecule has 0 aliphatic carbocycles. The van der Waals surface area contributed by atoms with E-state index < -0.39 is 24.1 Å². The first kappa shape index (κ1) is 17.5. The van der Waals surface area contributed by atoms with E-state index in [9.17, 15) is 26.3 Å². The number of rotatable bonds is 2. The standard InChI is InChI=1S/C14H5F6N5O/c15-13(16,17)12-23-22-11-4-3-10(24-25(11)12)9-5-8(26-14(18,19)20)2-1-7(9)6-21/h1-5H. The lowest BCUT2D eigenvalue weighted by molar-refractivity contribution is -0.274. The van der Waals surface area contributed by atoms with Crippen LogP contribution >= 0.6 is 0 Å². The van der Waals surface area contributed by atoms with E-state index in [2.05, 4.69) is 20.0 Å². The lowest BCUT2D eigenvalue weighted by Gasteiger charge is -2.11. The van der Waals surface area contributed by atoms with E-state index in [-0.39, 0.29) is 22.5 Å². The average Bonchev–Trinajstić information content (AvgIpc) is 2.96. The van der Waals surface area contributed by atoms with Crippen LogP contribution in [0.3, 0.4) is 0 Å². The van der Waals surface area contributed by atoms with Crippen molar-refractivity contribution < 1.29 is 31.1 Å². The second-order valence-corrected chi connectivity index (χ2v) is 4.88. The first-order valence-corrected chi connectivity index (χ1v) is 6.68. The quantitative estimate of drug-likeness (QED) is 0.642. The molecule has 2 aromatic heterocycles. The molecule has 0 amide bonds. The van der Waals surface area contributed by atoms with Gasteiger partial charge in [0.15, 0.2) is 5.65 Å². The van der Waals surface area contributed by atoms with Crippen molar-refractivity contribution in [3.8, 4) is 23.1 Å². The van der Waals surface area contributed by atoms with Crippen LogP contribution in [0, 0.1) is 11.3 Å². The SMILES string of the molecule is N#Cc1ccc(OC(F)(F)F)cc1-c1ccc2nnc(C(F)(F)F)n2n1. The summed E-state index contributed by atoms with van der Waals surface area (Å²) < 4.78 is 80.0. The zero-order valence-corrected chi connectivity index (χ0v) is 12.3. The minimum absolute atomic E-state index is 0.104. The number of alkyl halides is 6. The van der Waals surface area contributed by atoms with E-state index in [1.165, 1.54) is 6.07 Å². The molecule has 12 heteroatoms. The Morgan fingerprint density at radius 3 is 2.35 bits per heavy atom. The third-order valence-corrected chi connectivity index (χ3v) is 3.14. The van der Waals surface area contributed by atoms with Crippen LogP contribution in [-0.4, -0.2) is 26.2 Å². The fourth-order valence-electron chi connectivity index (χ4n) is 2.14. The molecule has 2 heterocycles. The molecule has 0 aliphatic heterocycles. The van der Waals surface area contributed by atoms with E-state index >= 15 is 0 Å². The van der Waals surface area contributed by atoms with E-state index in [1.54, 1.807) is 6.07 Å². The van der Waals surface area contributed by atoms with Gasteiger partial charge in [0.2, 0.25) is 0 Å². The van der Waals surface area contributed by atoms with Gasteiger partial charge in [-0.15, -0.1) is 23.4 Å². The second kappa shape index (κ2) is 5.87. The van der Waals surface area contributed by atoms with Gasteiger partial charge in [-0.2, -0.15) is 28.0 Å². The largest absolute Gasteiger partial charge is 0.573 e. The maximum absolute atomic E-state index is 12.9. The number of benzene rings is 1. The van der Waals surface area contributed by atoms with Crippen molar-refractivity contribution in [1.29, 1.82) is 5.26 Å². The van der Waals surface area contributed by atoms with Crippen molar-refractivity contribution in [3.63, 3.8) is 0 Å². The molecule has 0 N–H and O–H groups in total. The molecular weight excluding hydrogens is 368 g/mol. The Bertz CT molecular complexity index is 1020. The van der Waals surface area contributed by atoms with Crippen LogP contribution in [0.15, 0.2) is 30.3 Å². The number of hydrogen-bond donors (Lipinski definition) is 0. The number of nitrogens with zero attached hydrogens (tertiary/aromatic N) is 5. The van der Waals surface area contributed by atoms with E-state index in [0.29, 0.717) is 4.52 Å². The summed E-state index contributed by atoms with van der Waals surface area (Å²) in [6.45, 7) is 0. The van der Waals surface area contributed by atoms with Crippen molar-refractivity contribution in [2.24, 2.45) is 0 Å². The molecule has 3 rings (SSSR count). The summed E-state index contributed by atoms with van der Waals surface area (Å²) in [6, 6.07) is 6.89. The molecule has 0 saturated heterocycles. The summed E-state index contributed by atoms with van der Waals surface area (Å²) in [5.74, 6) is -2.05. The zero-order valence-electron chi connectivity index (χ0n) is 12.3.